The SMILES string of the molecule is CCP(=O)(CC)NC(=S)N(CCN(Cc1ccc(OC)cc1)C(=S)NP(=O)(CC)CC)Cc1ccc(OC)cc1. The van der Waals surface area contributed by atoms with Crippen LogP contribution in [0.5, 0.6) is 11.5 Å². The molecule has 0 spiro atoms. The Hall–Kier alpha value is -2.12. The Kier molecular flexibility index (Phi) is 13.9. The van der Waals surface area contributed by atoms with Crippen LogP contribution < -0.4 is 19.6 Å². The minimum atomic E-state index is -2.63. The van der Waals surface area contributed by atoms with Crippen LogP contribution in [0.25, 0.3) is 0 Å². The Morgan fingerprint density at radius 1 is 0.650 bits per heavy atom. The van der Waals surface area contributed by atoms with Gasteiger partial charge in [0.1, 0.15) is 11.5 Å². The van der Waals surface area contributed by atoms with Gasteiger partial charge in [-0.25, -0.2) is 0 Å². The van der Waals surface area contributed by atoms with Gasteiger partial charge in [0.2, 0.25) is 0 Å². The lowest BCUT2D eigenvalue weighted by Crippen LogP contribution is -2.46. The summed E-state index contributed by atoms with van der Waals surface area (Å²) in [6.45, 7) is 9.69. The van der Waals surface area contributed by atoms with Crippen molar-refractivity contribution < 1.29 is 18.6 Å². The fourth-order valence-electron chi connectivity index (χ4n) is 3.90. The van der Waals surface area contributed by atoms with Crippen LogP contribution in [-0.2, 0) is 22.2 Å². The lowest BCUT2D eigenvalue weighted by Gasteiger charge is -2.33. The molecule has 2 N–H and O–H groups in total. The number of rotatable bonds is 15. The maximum atomic E-state index is 13.2. The molecule has 0 bridgehead atoms. The van der Waals surface area contributed by atoms with Crippen LogP contribution in [0.3, 0.4) is 0 Å². The van der Waals surface area contributed by atoms with Gasteiger partial charge < -0.3 is 38.6 Å². The minimum Gasteiger partial charge on any atom is -0.497 e. The van der Waals surface area contributed by atoms with Crippen LogP contribution in [0.2, 0.25) is 0 Å². The van der Waals surface area contributed by atoms with Crippen molar-refractivity contribution in [3.05, 3.63) is 59.7 Å². The Morgan fingerprint density at radius 2 is 0.950 bits per heavy atom. The van der Waals surface area contributed by atoms with Crippen LogP contribution >= 0.6 is 39.0 Å². The largest absolute Gasteiger partial charge is 0.497 e. The number of methoxy groups -OCH3 is 2. The average Bonchev–Trinajstić information content (AvgIpc) is 2.98. The summed E-state index contributed by atoms with van der Waals surface area (Å²) in [6.07, 6.45) is 2.06. The molecule has 222 valence electrons. The van der Waals surface area contributed by atoms with Gasteiger partial charge in [0.15, 0.2) is 24.8 Å². The van der Waals surface area contributed by atoms with Crippen molar-refractivity contribution in [1.82, 2.24) is 20.0 Å². The lowest BCUT2D eigenvalue weighted by molar-refractivity contribution is 0.328. The summed E-state index contributed by atoms with van der Waals surface area (Å²) in [5.74, 6) is 1.55. The van der Waals surface area contributed by atoms with Gasteiger partial charge in [-0.3, -0.25) is 0 Å². The highest BCUT2D eigenvalue weighted by Crippen LogP contribution is 2.40. The van der Waals surface area contributed by atoms with Crippen LogP contribution in [0.4, 0.5) is 0 Å². The number of benzene rings is 2. The maximum Gasteiger partial charge on any atom is 0.174 e. The average molecular weight is 627 g/mol. The third-order valence-corrected chi connectivity index (χ3v) is 13.3. The molecule has 0 aliphatic rings. The Balaban J connectivity index is 2.33. The lowest BCUT2D eigenvalue weighted by atomic mass is 10.2. The van der Waals surface area contributed by atoms with Crippen LogP contribution in [0.1, 0.15) is 38.8 Å². The highest BCUT2D eigenvalue weighted by atomic mass is 32.1. The number of hydrogen-bond donors (Lipinski definition) is 2. The Bertz CT molecular complexity index is 1090. The van der Waals surface area contributed by atoms with Gasteiger partial charge in [-0.15, -0.1) is 0 Å². The zero-order valence-corrected chi connectivity index (χ0v) is 27.9. The Labute approximate surface area is 251 Å². The second kappa shape index (κ2) is 16.4. The van der Waals surface area contributed by atoms with Crippen molar-refractivity contribution in [2.24, 2.45) is 0 Å². The molecule has 0 aliphatic heterocycles. The van der Waals surface area contributed by atoms with E-state index in [-0.39, 0.29) is 0 Å². The first-order chi connectivity index (χ1) is 19.0. The van der Waals surface area contributed by atoms with Gasteiger partial charge in [-0.1, -0.05) is 52.0 Å². The maximum absolute atomic E-state index is 13.2. The normalized spacial score (nSPS) is 11.4. The van der Waals surface area contributed by atoms with Gasteiger partial charge in [0.25, 0.3) is 0 Å². The smallest absolute Gasteiger partial charge is 0.174 e. The van der Waals surface area contributed by atoms with Gasteiger partial charge in [-0.2, -0.15) is 0 Å². The summed E-state index contributed by atoms with van der Waals surface area (Å²) in [4.78, 5) is 4.02. The van der Waals surface area contributed by atoms with Gasteiger partial charge >= 0.3 is 0 Å². The summed E-state index contributed by atoms with van der Waals surface area (Å²) in [5, 5.41) is 7.23. The molecular weight excluding hydrogens is 582 g/mol. The van der Waals surface area contributed by atoms with Gasteiger partial charge in [0, 0.05) is 50.8 Å². The van der Waals surface area contributed by atoms with Crippen molar-refractivity contribution >= 4 is 49.2 Å². The molecule has 2 rings (SSSR count). The highest BCUT2D eigenvalue weighted by molar-refractivity contribution is 7.81. The second-order valence-corrected chi connectivity index (χ2v) is 16.7. The quantitative estimate of drug-likeness (QED) is 0.171. The molecular formula is C28H44N4O4P2S2. The number of nitrogens with zero attached hydrogens (tertiary/aromatic N) is 2. The zero-order chi connectivity index (χ0) is 29.8. The van der Waals surface area contributed by atoms with Crippen molar-refractivity contribution in [3.63, 3.8) is 0 Å². The van der Waals surface area contributed by atoms with Crippen LogP contribution in [0, 0.1) is 0 Å². The van der Waals surface area contributed by atoms with Crippen molar-refractivity contribution in [2.45, 2.75) is 40.8 Å². The third kappa shape index (κ3) is 10.4. The number of hydrogen-bond acceptors (Lipinski definition) is 6. The standard InChI is InChI=1S/C28H44N4O4P2S2/c1-7-37(33,8-2)29-27(39)31(21-23-11-15-25(35-5)16-12-23)19-20-32(28(40)30-38(34,9-3)10-4)22-24-13-17-26(36-6)18-14-24/h11-18H,7-10,19-22H2,1-6H3,(H,29,33,39)(H,30,34,40). The molecule has 0 heterocycles. The summed E-state index contributed by atoms with van der Waals surface area (Å²) in [7, 11) is -1.98. The summed E-state index contributed by atoms with van der Waals surface area (Å²) < 4.78 is 37.1. The zero-order valence-electron chi connectivity index (χ0n) is 24.5. The van der Waals surface area contributed by atoms with Crippen molar-refractivity contribution in [3.8, 4) is 11.5 Å². The van der Waals surface area contributed by atoms with E-state index in [2.05, 4.69) is 10.2 Å². The minimum absolute atomic E-state index is 0.443. The van der Waals surface area contributed by atoms with Crippen molar-refractivity contribution in [2.75, 3.05) is 52.0 Å². The first kappa shape index (κ1) is 34.1. The van der Waals surface area contributed by atoms with E-state index in [1.165, 1.54) is 0 Å². The summed E-state index contributed by atoms with van der Waals surface area (Å²) >= 11 is 11.6. The summed E-state index contributed by atoms with van der Waals surface area (Å²) in [6, 6.07) is 15.6. The molecule has 0 saturated carbocycles. The molecule has 0 fully saturated rings. The number of nitrogens with one attached hydrogen (secondary N) is 2. The molecule has 0 atom stereocenters. The molecule has 0 aliphatic carbocycles. The monoisotopic (exact) mass is 626 g/mol. The van der Waals surface area contributed by atoms with Gasteiger partial charge in [0.05, 0.1) is 14.2 Å². The predicted molar refractivity (Wildman–Crippen MR) is 176 cm³/mol. The number of thiocarbonyl (C=S) groups is 2. The Morgan fingerprint density at radius 3 is 1.20 bits per heavy atom. The van der Waals surface area contributed by atoms with E-state index in [1.807, 2.05) is 86.0 Å². The highest BCUT2D eigenvalue weighted by Gasteiger charge is 2.24. The molecule has 0 unspecified atom stereocenters. The first-order valence-corrected chi connectivity index (χ1v) is 18.6. The molecule has 0 saturated heterocycles. The predicted octanol–water partition coefficient (Wildman–Crippen LogP) is 6.39. The molecule has 8 nitrogen and oxygen atoms in total. The third-order valence-electron chi connectivity index (χ3n) is 6.92. The van der Waals surface area contributed by atoms with Crippen LogP contribution in [0.15, 0.2) is 48.5 Å². The van der Waals surface area contributed by atoms with E-state index in [9.17, 15) is 9.13 Å². The fraction of sp³-hybridized carbons (Fsp3) is 0.500. The van der Waals surface area contributed by atoms with E-state index in [0.29, 0.717) is 61.1 Å². The molecule has 2 aromatic rings. The first-order valence-electron chi connectivity index (χ1n) is 13.6. The molecule has 12 heteroatoms. The molecule has 40 heavy (non-hydrogen) atoms. The molecule has 0 amide bonds. The fourth-order valence-corrected chi connectivity index (χ4v) is 7.72. The van der Waals surface area contributed by atoms with Crippen molar-refractivity contribution in [1.29, 1.82) is 0 Å². The molecule has 2 aromatic carbocycles. The molecule has 0 aromatic heterocycles. The van der Waals surface area contributed by atoms with Gasteiger partial charge in [-0.05, 0) is 59.8 Å². The van der Waals surface area contributed by atoms with E-state index in [4.69, 9.17) is 33.9 Å². The van der Waals surface area contributed by atoms with E-state index in [0.717, 1.165) is 22.6 Å². The second-order valence-electron chi connectivity index (χ2n) is 9.42. The van der Waals surface area contributed by atoms with E-state index < -0.39 is 14.6 Å². The number of ether oxygens (including phenoxy) is 2. The topological polar surface area (TPSA) is 83.1 Å². The van der Waals surface area contributed by atoms with E-state index >= 15 is 0 Å². The summed E-state index contributed by atoms with van der Waals surface area (Å²) in [5.41, 5.74) is 2.08. The van der Waals surface area contributed by atoms with E-state index in [1.54, 1.807) is 14.2 Å². The van der Waals surface area contributed by atoms with Crippen LogP contribution in [-0.4, -0.2) is 72.0 Å². The molecule has 0 radical (unpaired) electrons.